The van der Waals surface area contributed by atoms with Gasteiger partial charge >= 0.3 is 12.4 Å². The van der Waals surface area contributed by atoms with E-state index in [0.717, 1.165) is 0 Å². The van der Waals surface area contributed by atoms with E-state index in [-0.39, 0.29) is 12.4 Å². The Bertz CT molecular complexity index is 466. The zero-order valence-electron chi connectivity index (χ0n) is 10.8. The first kappa shape index (κ1) is 15.1. The number of alkyl halides is 2. The van der Waals surface area contributed by atoms with Gasteiger partial charge in [0.15, 0.2) is 6.73 Å². The normalized spacial score (nSPS) is 11.5. The molecule has 1 aromatic heterocycles. The number of carbonyl (C=O) groups excluding carboxylic acids is 2. The van der Waals surface area contributed by atoms with E-state index in [1.54, 1.807) is 20.8 Å². The molecule has 0 radical (unpaired) electrons. The molecule has 106 valence electrons. The average Bonchev–Trinajstić information content (AvgIpc) is 2.72. The summed E-state index contributed by atoms with van der Waals surface area (Å²) < 4.78 is 30.2. The molecule has 6 nitrogen and oxygen atoms in total. The molecule has 8 heteroatoms. The van der Waals surface area contributed by atoms with Gasteiger partial charge in [-0.2, -0.15) is 13.9 Å². The molecule has 0 unspecified atom stereocenters. The van der Waals surface area contributed by atoms with Gasteiger partial charge in [-0.25, -0.2) is 4.68 Å². The minimum absolute atomic E-state index is 0.108. The van der Waals surface area contributed by atoms with E-state index in [1.807, 2.05) is 5.32 Å². The third-order valence-electron chi connectivity index (χ3n) is 2.04. The minimum atomic E-state index is -3.10. The van der Waals surface area contributed by atoms with Gasteiger partial charge in [-0.1, -0.05) is 0 Å². The van der Waals surface area contributed by atoms with Crippen LogP contribution in [-0.2, 0) is 21.1 Å². The number of hydrogen-bond donors (Lipinski definition) is 1. The van der Waals surface area contributed by atoms with Crippen LogP contribution in [0.5, 0.6) is 0 Å². The lowest BCUT2D eigenvalue weighted by Crippen LogP contribution is -2.24. The molecule has 0 aliphatic carbocycles. The first-order valence-corrected chi connectivity index (χ1v) is 5.49. The van der Waals surface area contributed by atoms with Crippen molar-refractivity contribution in [1.82, 2.24) is 9.78 Å². The lowest BCUT2D eigenvalue weighted by molar-refractivity contribution is -0.157. The zero-order valence-corrected chi connectivity index (χ0v) is 10.8. The molecule has 1 N–H and O–H groups in total. The Morgan fingerprint density at radius 1 is 1.47 bits per heavy atom. The van der Waals surface area contributed by atoms with E-state index in [1.165, 1.54) is 17.1 Å². The standard InChI is InChI=1S/C11H15F2N3O3/c1-11(2,3)10(18)19-6-16-5-7(4-14-16)15-9(17)8(12)13/h4-5,8H,6H2,1-3H3,(H,15,17). The van der Waals surface area contributed by atoms with Crippen LogP contribution < -0.4 is 5.32 Å². The summed E-state index contributed by atoms with van der Waals surface area (Å²) in [6.07, 6.45) is -0.622. The van der Waals surface area contributed by atoms with Crippen LogP contribution in [0.2, 0.25) is 0 Å². The fourth-order valence-electron chi connectivity index (χ4n) is 1.04. The van der Waals surface area contributed by atoms with Crippen LogP contribution in [0.25, 0.3) is 0 Å². The van der Waals surface area contributed by atoms with Gasteiger partial charge in [-0.15, -0.1) is 0 Å². The molecule has 0 spiro atoms. The molecule has 0 fully saturated rings. The number of nitrogens with one attached hydrogen (secondary N) is 1. The smallest absolute Gasteiger partial charge is 0.315 e. The van der Waals surface area contributed by atoms with E-state index in [0.29, 0.717) is 0 Å². The van der Waals surface area contributed by atoms with E-state index in [4.69, 9.17) is 4.74 Å². The maximum atomic E-state index is 12.0. The van der Waals surface area contributed by atoms with Gasteiger partial charge in [0, 0.05) is 0 Å². The topological polar surface area (TPSA) is 73.2 Å². The number of aromatic nitrogens is 2. The number of esters is 1. The van der Waals surface area contributed by atoms with Gasteiger partial charge in [0.05, 0.1) is 23.5 Å². The molecule has 0 aliphatic rings. The molecule has 0 saturated carbocycles. The highest BCUT2D eigenvalue weighted by atomic mass is 19.3. The first-order chi connectivity index (χ1) is 8.70. The van der Waals surface area contributed by atoms with Crippen LogP contribution in [0.3, 0.4) is 0 Å². The van der Waals surface area contributed by atoms with Gasteiger partial charge in [0.25, 0.3) is 5.91 Å². The van der Waals surface area contributed by atoms with Gasteiger partial charge in [-0.05, 0) is 20.8 Å². The number of ether oxygens (including phenoxy) is 1. The van der Waals surface area contributed by atoms with Gasteiger partial charge in [0.1, 0.15) is 0 Å². The van der Waals surface area contributed by atoms with Crippen molar-refractivity contribution < 1.29 is 23.1 Å². The van der Waals surface area contributed by atoms with Crippen LogP contribution in [0.4, 0.5) is 14.5 Å². The summed E-state index contributed by atoms with van der Waals surface area (Å²) in [4.78, 5) is 22.2. The van der Waals surface area contributed by atoms with Crippen LogP contribution in [-0.4, -0.2) is 28.1 Å². The van der Waals surface area contributed by atoms with E-state index in [2.05, 4.69) is 5.10 Å². The van der Waals surface area contributed by atoms with Crippen molar-refractivity contribution in [2.45, 2.75) is 33.9 Å². The lowest BCUT2D eigenvalue weighted by Gasteiger charge is -2.16. The second-order valence-corrected chi connectivity index (χ2v) is 4.87. The monoisotopic (exact) mass is 275 g/mol. The Balaban J connectivity index is 2.52. The van der Waals surface area contributed by atoms with Crippen molar-refractivity contribution >= 4 is 17.6 Å². The second-order valence-electron chi connectivity index (χ2n) is 4.87. The third-order valence-corrected chi connectivity index (χ3v) is 2.04. The predicted octanol–water partition coefficient (Wildman–Crippen LogP) is 1.63. The van der Waals surface area contributed by atoms with Crippen LogP contribution in [0.15, 0.2) is 12.4 Å². The molecule has 1 rings (SSSR count). The second kappa shape index (κ2) is 5.77. The molecule has 0 aliphatic heterocycles. The zero-order chi connectivity index (χ0) is 14.6. The highest BCUT2D eigenvalue weighted by Crippen LogP contribution is 2.15. The number of carbonyl (C=O) groups is 2. The van der Waals surface area contributed by atoms with Crippen molar-refractivity contribution in [3.05, 3.63) is 12.4 Å². The number of nitrogens with zero attached hydrogens (tertiary/aromatic N) is 2. The Labute approximate surface area is 108 Å². The fraction of sp³-hybridized carbons (Fsp3) is 0.545. The summed E-state index contributed by atoms with van der Waals surface area (Å²) in [6, 6.07) is 0. The molecule has 1 aromatic rings. The number of anilines is 1. The number of amides is 1. The summed E-state index contributed by atoms with van der Waals surface area (Å²) in [5, 5.41) is 5.73. The summed E-state index contributed by atoms with van der Waals surface area (Å²) in [6.45, 7) is 4.95. The van der Waals surface area contributed by atoms with Crippen molar-refractivity contribution in [2.75, 3.05) is 5.32 Å². The van der Waals surface area contributed by atoms with E-state index >= 15 is 0 Å². The summed E-state index contributed by atoms with van der Waals surface area (Å²) in [5.41, 5.74) is -0.531. The highest BCUT2D eigenvalue weighted by molar-refractivity contribution is 5.92. The van der Waals surface area contributed by atoms with Gasteiger partial charge < -0.3 is 10.1 Å². The maximum Gasteiger partial charge on any atom is 0.315 e. The van der Waals surface area contributed by atoms with Crippen LogP contribution in [0.1, 0.15) is 20.8 Å². The SMILES string of the molecule is CC(C)(C)C(=O)OCn1cc(NC(=O)C(F)F)cn1. The highest BCUT2D eigenvalue weighted by Gasteiger charge is 2.23. The quantitative estimate of drug-likeness (QED) is 0.848. The number of hydrogen-bond acceptors (Lipinski definition) is 4. The first-order valence-electron chi connectivity index (χ1n) is 5.49. The third kappa shape index (κ3) is 4.65. The van der Waals surface area contributed by atoms with Crippen LogP contribution >= 0.6 is 0 Å². The molecule has 0 atom stereocenters. The molecule has 0 saturated heterocycles. The largest absolute Gasteiger partial charge is 0.442 e. The van der Waals surface area contributed by atoms with Gasteiger partial charge in [-0.3, -0.25) is 9.59 Å². The number of halogens is 2. The summed E-state index contributed by atoms with van der Waals surface area (Å²) in [5.74, 6) is -1.83. The summed E-state index contributed by atoms with van der Waals surface area (Å²) in [7, 11) is 0. The molecular formula is C11H15F2N3O3. The summed E-state index contributed by atoms with van der Waals surface area (Å²) >= 11 is 0. The van der Waals surface area contributed by atoms with Crippen molar-refractivity contribution in [3.63, 3.8) is 0 Å². The van der Waals surface area contributed by atoms with E-state index in [9.17, 15) is 18.4 Å². The maximum absolute atomic E-state index is 12.0. The Morgan fingerprint density at radius 3 is 2.63 bits per heavy atom. The van der Waals surface area contributed by atoms with Gasteiger partial charge in [0.2, 0.25) is 0 Å². The molecule has 19 heavy (non-hydrogen) atoms. The minimum Gasteiger partial charge on any atom is -0.442 e. The van der Waals surface area contributed by atoms with Crippen molar-refractivity contribution in [1.29, 1.82) is 0 Å². The number of rotatable bonds is 4. The predicted molar refractivity (Wildman–Crippen MR) is 62.4 cm³/mol. The van der Waals surface area contributed by atoms with Crippen molar-refractivity contribution in [3.8, 4) is 0 Å². The molecule has 1 heterocycles. The molecule has 1 amide bonds. The van der Waals surface area contributed by atoms with Crippen molar-refractivity contribution in [2.24, 2.45) is 5.41 Å². The Kier molecular flexibility index (Phi) is 4.57. The Hall–Kier alpha value is -1.99. The molecule has 0 bridgehead atoms. The fourth-order valence-corrected chi connectivity index (χ4v) is 1.04. The lowest BCUT2D eigenvalue weighted by atomic mass is 9.98. The Morgan fingerprint density at radius 2 is 2.11 bits per heavy atom. The average molecular weight is 275 g/mol. The molecule has 0 aromatic carbocycles. The molecular weight excluding hydrogens is 260 g/mol. The van der Waals surface area contributed by atoms with Crippen LogP contribution in [0, 0.1) is 5.41 Å². The van der Waals surface area contributed by atoms with E-state index < -0.39 is 23.7 Å².